The first-order valence-electron chi connectivity index (χ1n) is 7.55. The average Bonchev–Trinajstić information content (AvgIpc) is 2.87. The molecule has 2 atom stereocenters. The number of halogens is 1. The van der Waals surface area contributed by atoms with Gasteiger partial charge in [-0.1, -0.05) is 13.8 Å². The first-order valence-corrected chi connectivity index (χ1v) is 9.28. The van der Waals surface area contributed by atoms with Crippen LogP contribution in [0.3, 0.4) is 0 Å². The molecule has 0 amide bonds. The third-order valence-electron chi connectivity index (χ3n) is 3.68. The molecule has 114 valence electrons. The normalized spacial score (nSPS) is 22.1. The van der Waals surface area contributed by atoms with Crippen molar-refractivity contribution < 1.29 is 4.74 Å². The first kappa shape index (κ1) is 16.4. The Labute approximate surface area is 134 Å². The van der Waals surface area contributed by atoms with E-state index in [9.17, 15) is 0 Å². The lowest BCUT2D eigenvalue weighted by Crippen LogP contribution is -2.48. The van der Waals surface area contributed by atoms with E-state index in [1.54, 1.807) is 11.3 Å². The second-order valence-corrected chi connectivity index (χ2v) is 6.91. The smallest absolute Gasteiger partial charge is 0.0897 e. The van der Waals surface area contributed by atoms with Gasteiger partial charge in [-0.3, -0.25) is 4.90 Å². The molecule has 2 unspecified atom stereocenters. The van der Waals surface area contributed by atoms with Gasteiger partial charge in [0.25, 0.3) is 0 Å². The highest BCUT2D eigenvalue weighted by Crippen LogP contribution is 2.31. The van der Waals surface area contributed by atoms with Gasteiger partial charge in [-0.25, -0.2) is 0 Å². The minimum Gasteiger partial charge on any atom is -0.374 e. The zero-order valence-corrected chi connectivity index (χ0v) is 14.8. The fourth-order valence-electron chi connectivity index (χ4n) is 2.71. The topological polar surface area (TPSA) is 24.5 Å². The summed E-state index contributed by atoms with van der Waals surface area (Å²) in [7, 11) is 0. The Hall–Kier alpha value is 0.0600. The van der Waals surface area contributed by atoms with Gasteiger partial charge >= 0.3 is 0 Å². The predicted molar refractivity (Wildman–Crippen MR) is 89.5 cm³/mol. The van der Waals surface area contributed by atoms with Crippen molar-refractivity contribution in [2.75, 3.05) is 32.8 Å². The summed E-state index contributed by atoms with van der Waals surface area (Å²) in [5.74, 6) is 0. The Bertz CT molecular complexity index is 397. The molecule has 2 rings (SSSR count). The molecule has 2 heterocycles. The van der Waals surface area contributed by atoms with E-state index in [2.05, 4.69) is 50.8 Å². The van der Waals surface area contributed by atoms with Gasteiger partial charge < -0.3 is 10.1 Å². The third-order valence-corrected chi connectivity index (χ3v) is 5.43. The van der Waals surface area contributed by atoms with E-state index in [1.807, 2.05) is 0 Å². The molecule has 5 heteroatoms. The van der Waals surface area contributed by atoms with Crippen LogP contribution in [0.5, 0.6) is 0 Å². The lowest BCUT2D eigenvalue weighted by atomic mass is 10.0. The van der Waals surface area contributed by atoms with Crippen LogP contribution < -0.4 is 5.32 Å². The molecule has 1 saturated heterocycles. The van der Waals surface area contributed by atoms with Crippen LogP contribution >= 0.6 is 27.3 Å². The largest absolute Gasteiger partial charge is 0.374 e. The number of thiophene rings is 1. The number of ether oxygens (including phenoxy) is 1. The molecule has 1 aromatic heterocycles. The highest BCUT2D eigenvalue weighted by Gasteiger charge is 2.30. The monoisotopic (exact) mass is 360 g/mol. The van der Waals surface area contributed by atoms with Crippen molar-refractivity contribution in [1.82, 2.24) is 10.2 Å². The van der Waals surface area contributed by atoms with Gasteiger partial charge in [0.1, 0.15) is 0 Å². The molecule has 1 aromatic rings. The molecule has 1 fully saturated rings. The van der Waals surface area contributed by atoms with Gasteiger partial charge in [-0.05, 0) is 52.8 Å². The van der Waals surface area contributed by atoms with Gasteiger partial charge in [0.2, 0.25) is 0 Å². The van der Waals surface area contributed by atoms with E-state index in [0.29, 0.717) is 0 Å². The molecular formula is C15H25BrN2OS. The highest BCUT2D eigenvalue weighted by molar-refractivity contribution is 9.10. The zero-order valence-electron chi connectivity index (χ0n) is 12.4. The fraction of sp³-hybridized carbons (Fsp3) is 0.733. The first-order chi connectivity index (χ1) is 9.76. The molecule has 1 aliphatic rings. The van der Waals surface area contributed by atoms with Crippen molar-refractivity contribution in [3.8, 4) is 0 Å². The molecular weight excluding hydrogens is 336 g/mol. The van der Waals surface area contributed by atoms with Gasteiger partial charge in [-0.2, -0.15) is 11.3 Å². The Morgan fingerprint density at radius 1 is 1.45 bits per heavy atom. The van der Waals surface area contributed by atoms with Crippen LogP contribution in [0.4, 0.5) is 0 Å². The predicted octanol–water partition coefficient (Wildman–Crippen LogP) is 3.66. The maximum Gasteiger partial charge on any atom is 0.0897 e. The Kier molecular flexibility index (Phi) is 6.97. The van der Waals surface area contributed by atoms with Crippen LogP contribution in [0.2, 0.25) is 0 Å². The van der Waals surface area contributed by atoms with Crippen molar-refractivity contribution >= 4 is 27.3 Å². The van der Waals surface area contributed by atoms with E-state index in [-0.39, 0.29) is 12.1 Å². The molecule has 0 aromatic carbocycles. The third kappa shape index (κ3) is 4.28. The summed E-state index contributed by atoms with van der Waals surface area (Å²) in [4.78, 5) is 2.52. The Morgan fingerprint density at radius 3 is 2.95 bits per heavy atom. The molecule has 0 aliphatic carbocycles. The lowest BCUT2D eigenvalue weighted by Gasteiger charge is -2.37. The Morgan fingerprint density at radius 2 is 2.30 bits per heavy atom. The van der Waals surface area contributed by atoms with E-state index in [1.165, 1.54) is 23.0 Å². The molecule has 3 nitrogen and oxygen atoms in total. The van der Waals surface area contributed by atoms with Gasteiger partial charge in [0, 0.05) is 22.9 Å². The van der Waals surface area contributed by atoms with Crippen LogP contribution in [0.25, 0.3) is 0 Å². The maximum absolute atomic E-state index is 6.07. The van der Waals surface area contributed by atoms with Crippen LogP contribution in [0, 0.1) is 0 Å². The molecule has 1 aliphatic heterocycles. The summed E-state index contributed by atoms with van der Waals surface area (Å²) < 4.78 is 7.27. The number of nitrogens with zero attached hydrogens (tertiary/aromatic N) is 1. The second kappa shape index (κ2) is 8.49. The maximum atomic E-state index is 6.07. The van der Waals surface area contributed by atoms with E-state index >= 15 is 0 Å². The number of rotatable bonds is 7. The standard InChI is InChI=1S/C15H25BrN2OS/c1-3-5-17-15(12-10-20-11-13(12)16)14-9-18(6-4-2)7-8-19-14/h10-11,14-15,17H,3-9H2,1-2H3. The SMILES string of the molecule is CCCNC(c1cscc1Br)C1CN(CCC)CCO1. The van der Waals surface area contributed by atoms with E-state index in [4.69, 9.17) is 4.74 Å². The summed E-state index contributed by atoms with van der Waals surface area (Å²) in [5.41, 5.74) is 1.34. The van der Waals surface area contributed by atoms with E-state index in [0.717, 1.165) is 32.7 Å². The van der Waals surface area contributed by atoms with Crippen molar-refractivity contribution in [3.05, 3.63) is 20.8 Å². The number of morpholine rings is 1. The lowest BCUT2D eigenvalue weighted by molar-refractivity contribution is -0.0470. The molecule has 0 spiro atoms. The molecule has 20 heavy (non-hydrogen) atoms. The minimum atomic E-state index is 0.243. The summed E-state index contributed by atoms with van der Waals surface area (Å²) in [6.45, 7) is 9.58. The summed E-state index contributed by atoms with van der Waals surface area (Å²) >= 11 is 5.42. The summed E-state index contributed by atoms with van der Waals surface area (Å²) in [5, 5.41) is 8.06. The summed E-state index contributed by atoms with van der Waals surface area (Å²) in [6, 6.07) is 0.287. The average molecular weight is 361 g/mol. The summed E-state index contributed by atoms with van der Waals surface area (Å²) in [6.07, 6.45) is 2.60. The van der Waals surface area contributed by atoms with Crippen molar-refractivity contribution in [3.63, 3.8) is 0 Å². The Balaban J connectivity index is 2.07. The van der Waals surface area contributed by atoms with Gasteiger partial charge in [0.15, 0.2) is 0 Å². The molecule has 1 N–H and O–H groups in total. The van der Waals surface area contributed by atoms with Crippen LogP contribution in [0.15, 0.2) is 15.2 Å². The molecule has 0 saturated carbocycles. The molecule has 0 radical (unpaired) electrons. The number of hydrogen-bond acceptors (Lipinski definition) is 4. The second-order valence-electron chi connectivity index (χ2n) is 5.32. The number of hydrogen-bond donors (Lipinski definition) is 1. The quantitative estimate of drug-likeness (QED) is 0.802. The zero-order chi connectivity index (χ0) is 14.4. The van der Waals surface area contributed by atoms with Gasteiger partial charge in [0.05, 0.1) is 18.8 Å². The van der Waals surface area contributed by atoms with Crippen LogP contribution in [0.1, 0.15) is 38.3 Å². The highest BCUT2D eigenvalue weighted by atomic mass is 79.9. The van der Waals surface area contributed by atoms with Crippen molar-refractivity contribution in [2.24, 2.45) is 0 Å². The van der Waals surface area contributed by atoms with Crippen molar-refractivity contribution in [1.29, 1.82) is 0 Å². The fourth-order valence-corrected chi connectivity index (χ4v) is 4.29. The molecule has 0 bridgehead atoms. The van der Waals surface area contributed by atoms with E-state index < -0.39 is 0 Å². The van der Waals surface area contributed by atoms with Crippen molar-refractivity contribution in [2.45, 2.75) is 38.8 Å². The minimum absolute atomic E-state index is 0.243. The van der Waals surface area contributed by atoms with Gasteiger partial charge in [-0.15, -0.1) is 0 Å². The van der Waals surface area contributed by atoms with Crippen LogP contribution in [-0.2, 0) is 4.74 Å². The van der Waals surface area contributed by atoms with Crippen LogP contribution in [-0.4, -0.2) is 43.8 Å². The number of nitrogens with one attached hydrogen (secondary N) is 1.